The first-order valence-corrected chi connectivity index (χ1v) is 5.49. The van der Waals surface area contributed by atoms with E-state index < -0.39 is 4.92 Å². The molecule has 0 N–H and O–H groups in total. The maximum Gasteiger partial charge on any atom is 0.436 e. The Morgan fingerprint density at radius 2 is 2.05 bits per heavy atom. The van der Waals surface area contributed by atoms with Crippen molar-refractivity contribution in [2.24, 2.45) is 0 Å². The molecular weight excluding hydrogens is 248 g/mol. The van der Waals surface area contributed by atoms with Gasteiger partial charge in [0.1, 0.15) is 10.7 Å². The predicted molar refractivity (Wildman–Crippen MR) is 67.2 cm³/mol. The number of aromatic nitrogens is 1. The number of para-hydroxylation sites is 1. The number of rotatable bonds is 3. The van der Waals surface area contributed by atoms with Crippen molar-refractivity contribution >= 4 is 16.8 Å². The molecule has 0 atom stereocenters. The molecule has 19 heavy (non-hydrogen) atoms. The lowest BCUT2D eigenvalue weighted by molar-refractivity contribution is -0.402. The number of nitro groups is 1. The molecular formula is C13H8N2O4. The van der Waals surface area contributed by atoms with E-state index in [0.29, 0.717) is 5.75 Å². The number of furan rings is 1. The molecule has 1 aromatic carbocycles. The molecule has 0 aliphatic heterocycles. The van der Waals surface area contributed by atoms with Crippen LogP contribution >= 0.6 is 0 Å². The minimum atomic E-state index is -0.620. The topological polar surface area (TPSA) is 78.4 Å². The van der Waals surface area contributed by atoms with Crippen LogP contribution in [0.15, 0.2) is 53.1 Å². The zero-order valence-electron chi connectivity index (χ0n) is 9.65. The van der Waals surface area contributed by atoms with E-state index in [1.807, 2.05) is 24.3 Å². The summed E-state index contributed by atoms with van der Waals surface area (Å²) < 4.78 is 10.3. The summed E-state index contributed by atoms with van der Waals surface area (Å²) in [4.78, 5) is 14.1. The van der Waals surface area contributed by atoms with Gasteiger partial charge in [-0.05, 0) is 12.1 Å². The fourth-order valence-electron chi connectivity index (χ4n) is 1.69. The Morgan fingerprint density at radius 1 is 1.21 bits per heavy atom. The maximum absolute atomic E-state index is 10.5. The normalized spacial score (nSPS) is 10.5. The summed E-state index contributed by atoms with van der Waals surface area (Å²) in [6.07, 6.45) is 1.54. The largest absolute Gasteiger partial charge is 0.436 e. The molecule has 3 rings (SSSR count). The molecule has 6 heteroatoms. The fraction of sp³-hybridized carbons (Fsp3) is 0. The third-order valence-electron chi connectivity index (χ3n) is 2.53. The SMILES string of the molecule is O=[N+]([O-])c1ccc(Oc2cnc3ccccc3c2)o1. The highest BCUT2D eigenvalue weighted by molar-refractivity contribution is 5.79. The van der Waals surface area contributed by atoms with Crippen LogP contribution < -0.4 is 4.74 Å². The third kappa shape index (κ3) is 2.23. The van der Waals surface area contributed by atoms with Crippen LogP contribution in [0.3, 0.4) is 0 Å². The molecule has 0 radical (unpaired) electrons. The van der Waals surface area contributed by atoms with Crippen molar-refractivity contribution in [3.8, 4) is 11.7 Å². The number of benzene rings is 1. The van der Waals surface area contributed by atoms with Gasteiger partial charge in [-0.1, -0.05) is 18.2 Å². The molecule has 0 saturated heterocycles. The zero-order chi connectivity index (χ0) is 13.2. The van der Waals surface area contributed by atoms with Gasteiger partial charge in [0.25, 0.3) is 5.95 Å². The Bertz CT molecular complexity index is 751. The van der Waals surface area contributed by atoms with Crippen molar-refractivity contribution in [2.45, 2.75) is 0 Å². The van der Waals surface area contributed by atoms with Gasteiger partial charge in [-0.15, -0.1) is 0 Å². The number of hydrogen-bond donors (Lipinski definition) is 0. The van der Waals surface area contributed by atoms with Gasteiger partial charge in [0.15, 0.2) is 0 Å². The number of pyridine rings is 1. The smallest absolute Gasteiger partial charge is 0.424 e. The minimum Gasteiger partial charge on any atom is -0.424 e. The van der Waals surface area contributed by atoms with Crippen molar-refractivity contribution in [3.63, 3.8) is 0 Å². The van der Waals surface area contributed by atoms with Crippen LogP contribution in [-0.2, 0) is 0 Å². The standard InChI is InChI=1S/C13H8N2O4/c16-15(17)12-5-6-13(19-12)18-10-7-9-3-1-2-4-11(9)14-8-10/h1-8H. The van der Waals surface area contributed by atoms with Crippen LogP contribution in [0.1, 0.15) is 0 Å². The number of hydrogen-bond acceptors (Lipinski definition) is 5. The van der Waals surface area contributed by atoms with E-state index in [2.05, 4.69) is 4.98 Å². The molecule has 0 fully saturated rings. The second-order valence-corrected chi connectivity index (χ2v) is 3.82. The van der Waals surface area contributed by atoms with Gasteiger partial charge in [0.05, 0.1) is 17.8 Å². The van der Waals surface area contributed by atoms with Crippen LogP contribution in [0.2, 0.25) is 0 Å². The van der Waals surface area contributed by atoms with Gasteiger partial charge in [0, 0.05) is 11.5 Å². The summed E-state index contributed by atoms with van der Waals surface area (Å²) in [7, 11) is 0. The molecule has 0 bridgehead atoms. The summed E-state index contributed by atoms with van der Waals surface area (Å²) in [5, 5.41) is 11.4. The second-order valence-electron chi connectivity index (χ2n) is 3.82. The van der Waals surface area contributed by atoms with Gasteiger partial charge in [-0.3, -0.25) is 15.1 Å². The highest BCUT2D eigenvalue weighted by atomic mass is 16.7. The summed E-state index contributed by atoms with van der Waals surface area (Å²) in [5.74, 6) is 0.162. The Hall–Kier alpha value is -2.89. The van der Waals surface area contributed by atoms with Crippen molar-refractivity contribution in [3.05, 3.63) is 58.8 Å². The lowest BCUT2D eigenvalue weighted by Gasteiger charge is -2.02. The number of fused-ring (bicyclic) bond motifs is 1. The molecule has 0 spiro atoms. The van der Waals surface area contributed by atoms with Gasteiger partial charge >= 0.3 is 5.88 Å². The lowest BCUT2D eigenvalue weighted by Crippen LogP contribution is -1.85. The van der Waals surface area contributed by atoms with Crippen LogP contribution in [0, 0.1) is 10.1 Å². The molecule has 0 amide bonds. The summed E-state index contributed by atoms with van der Waals surface area (Å²) in [6, 6.07) is 12.0. The van der Waals surface area contributed by atoms with Crippen molar-refractivity contribution in [2.75, 3.05) is 0 Å². The molecule has 2 heterocycles. The molecule has 6 nitrogen and oxygen atoms in total. The van der Waals surface area contributed by atoms with Gasteiger partial charge in [-0.2, -0.15) is 0 Å². The predicted octanol–water partition coefficient (Wildman–Crippen LogP) is 3.53. The highest BCUT2D eigenvalue weighted by Gasteiger charge is 2.13. The summed E-state index contributed by atoms with van der Waals surface area (Å²) >= 11 is 0. The van der Waals surface area contributed by atoms with E-state index in [1.165, 1.54) is 18.3 Å². The molecule has 0 saturated carbocycles. The maximum atomic E-state index is 10.5. The first-order valence-electron chi connectivity index (χ1n) is 5.49. The van der Waals surface area contributed by atoms with Crippen molar-refractivity contribution in [1.82, 2.24) is 4.98 Å². The Kier molecular flexibility index (Phi) is 2.60. The average molecular weight is 256 g/mol. The van der Waals surface area contributed by atoms with Crippen LogP contribution in [-0.4, -0.2) is 9.91 Å². The van der Waals surface area contributed by atoms with E-state index in [-0.39, 0.29) is 11.8 Å². The van der Waals surface area contributed by atoms with E-state index in [1.54, 1.807) is 6.07 Å². The monoisotopic (exact) mass is 256 g/mol. The van der Waals surface area contributed by atoms with Gasteiger partial charge in [0.2, 0.25) is 0 Å². The minimum absolute atomic E-state index is 0.0591. The quantitative estimate of drug-likeness (QED) is 0.529. The summed E-state index contributed by atoms with van der Waals surface area (Å²) in [6.45, 7) is 0. The number of nitrogens with zero attached hydrogens (tertiary/aromatic N) is 2. The van der Waals surface area contributed by atoms with Crippen molar-refractivity contribution < 1.29 is 14.1 Å². The lowest BCUT2D eigenvalue weighted by atomic mass is 10.2. The molecule has 0 aliphatic carbocycles. The highest BCUT2D eigenvalue weighted by Crippen LogP contribution is 2.28. The van der Waals surface area contributed by atoms with E-state index in [0.717, 1.165) is 10.9 Å². The van der Waals surface area contributed by atoms with E-state index in [9.17, 15) is 10.1 Å². The van der Waals surface area contributed by atoms with Gasteiger partial charge in [-0.25, -0.2) is 0 Å². The average Bonchev–Trinajstić information content (AvgIpc) is 2.87. The molecule has 2 aromatic heterocycles. The van der Waals surface area contributed by atoms with Crippen LogP contribution in [0.4, 0.5) is 5.88 Å². The van der Waals surface area contributed by atoms with Crippen molar-refractivity contribution in [1.29, 1.82) is 0 Å². The van der Waals surface area contributed by atoms with Crippen LogP contribution in [0.25, 0.3) is 10.9 Å². The van der Waals surface area contributed by atoms with E-state index >= 15 is 0 Å². The summed E-state index contributed by atoms with van der Waals surface area (Å²) in [5.41, 5.74) is 0.847. The molecule has 0 unspecified atom stereocenters. The second kappa shape index (κ2) is 4.41. The fourth-order valence-corrected chi connectivity index (χ4v) is 1.69. The Morgan fingerprint density at radius 3 is 2.84 bits per heavy atom. The molecule has 3 aromatic rings. The first-order chi connectivity index (χ1) is 9.22. The molecule has 0 aliphatic rings. The Balaban J connectivity index is 1.89. The first kappa shape index (κ1) is 11.2. The molecule has 94 valence electrons. The van der Waals surface area contributed by atoms with Gasteiger partial charge < -0.3 is 9.15 Å². The third-order valence-corrected chi connectivity index (χ3v) is 2.53. The number of ether oxygens (including phenoxy) is 1. The van der Waals surface area contributed by atoms with E-state index in [4.69, 9.17) is 9.15 Å². The Labute approximate surface area is 107 Å². The van der Waals surface area contributed by atoms with Crippen LogP contribution in [0.5, 0.6) is 11.7 Å². The zero-order valence-corrected chi connectivity index (χ0v) is 9.65.